The first-order valence-electron chi connectivity index (χ1n) is 11.7. The Hall–Kier alpha value is -4.25. The number of hydrogen-bond acceptors (Lipinski definition) is 6. The summed E-state index contributed by atoms with van der Waals surface area (Å²) in [6.07, 6.45) is 1.58. The van der Waals surface area contributed by atoms with Crippen molar-refractivity contribution in [1.82, 2.24) is 14.6 Å². The molecule has 39 heavy (non-hydrogen) atoms. The fourth-order valence-electron chi connectivity index (χ4n) is 3.83. The lowest BCUT2D eigenvalue weighted by Gasteiger charge is -2.22. The average Bonchev–Trinajstić information content (AvgIpc) is 2.92. The van der Waals surface area contributed by atoms with Crippen LogP contribution in [-0.2, 0) is 27.9 Å². The third kappa shape index (κ3) is 6.99. The summed E-state index contributed by atoms with van der Waals surface area (Å²) in [6.45, 7) is 0.00270. The lowest BCUT2D eigenvalue weighted by atomic mass is 10.1. The minimum Gasteiger partial charge on any atom is -0.508 e. The van der Waals surface area contributed by atoms with E-state index in [9.17, 15) is 28.2 Å². The van der Waals surface area contributed by atoms with Gasteiger partial charge in [0, 0.05) is 23.3 Å². The van der Waals surface area contributed by atoms with Crippen molar-refractivity contribution < 1.29 is 28.2 Å². The number of pyridine rings is 1. The summed E-state index contributed by atoms with van der Waals surface area (Å²) in [4.78, 5) is 28.9. The molecule has 1 atom stereocenters. The first-order valence-corrected chi connectivity index (χ1v) is 13.5. The first kappa shape index (κ1) is 27.8. The van der Waals surface area contributed by atoms with E-state index in [1.54, 1.807) is 36.5 Å². The third-order valence-corrected chi connectivity index (χ3v) is 7.87. The van der Waals surface area contributed by atoms with Crippen LogP contribution in [0, 0.1) is 0 Å². The van der Waals surface area contributed by atoms with Crippen LogP contribution in [0.3, 0.4) is 0 Å². The fraction of sp³-hybridized carbons (Fsp3) is 0.107. The van der Waals surface area contributed by atoms with E-state index in [4.69, 9.17) is 11.6 Å². The van der Waals surface area contributed by atoms with Crippen LogP contribution in [0.5, 0.6) is 5.75 Å². The number of nitrogens with one attached hydrogen (secondary N) is 1. The highest BCUT2D eigenvalue weighted by atomic mass is 35.5. The molecule has 1 aromatic heterocycles. The molecule has 1 heterocycles. The number of hydrogen-bond donors (Lipinski definition) is 3. The normalized spacial score (nSPS) is 12.2. The summed E-state index contributed by atoms with van der Waals surface area (Å²) in [5, 5.41) is 22.1. The highest BCUT2D eigenvalue weighted by Gasteiger charge is 2.26. The van der Waals surface area contributed by atoms with Crippen LogP contribution < -0.4 is 5.32 Å². The molecular weight excluding hydrogens is 542 g/mol. The Kier molecular flexibility index (Phi) is 8.60. The summed E-state index contributed by atoms with van der Waals surface area (Å²) >= 11 is 5.94. The van der Waals surface area contributed by atoms with Gasteiger partial charge in [-0.1, -0.05) is 41.9 Å². The van der Waals surface area contributed by atoms with Crippen molar-refractivity contribution in [3.63, 3.8) is 0 Å². The number of benzene rings is 3. The maximum Gasteiger partial charge on any atom is 0.330 e. The molecule has 9 nitrogen and oxygen atoms in total. The highest BCUT2D eigenvalue weighted by Crippen LogP contribution is 2.23. The number of phenolic OH excluding ortho intramolecular Hbond substituents is 1. The van der Waals surface area contributed by atoms with Crippen LogP contribution in [0.2, 0.25) is 5.02 Å². The molecule has 0 saturated heterocycles. The minimum atomic E-state index is -3.93. The first-order chi connectivity index (χ1) is 18.6. The molecule has 0 aliphatic heterocycles. The predicted molar refractivity (Wildman–Crippen MR) is 145 cm³/mol. The van der Waals surface area contributed by atoms with Gasteiger partial charge in [0.25, 0.3) is 5.91 Å². The Morgan fingerprint density at radius 3 is 2.26 bits per heavy atom. The van der Waals surface area contributed by atoms with Gasteiger partial charge in [0.1, 0.15) is 5.75 Å². The molecule has 0 spiro atoms. The Morgan fingerprint density at radius 1 is 0.923 bits per heavy atom. The molecule has 0 aliphatic rings. The van der Waals surface area contributed by atoms with Crippen LogP contribution in [-0.4, -0.2) is 39.8 Å². The zero-order chi connectivity index (χ0) is 28.0. The Labute approximate surface area is 230 Å². The second kappa shape index (κ2) is 12.1. The van der Waals surface area contributed by atoms with E-state index in [1.165, 1.54) is 65.0 Å². The summed E-state index contributed by atoms with van der Waals surface area (Å²) in [5.41, 5.74) is 1.55. The number of aromatic nitrogens is 1. The maximum absolute atomic E-state index is 13.5. The van der Waals surface area contributed by atoms with Crippen LogP contribution in [0.15, 0.2) is 102 Å². The molecule has 0 fully saturated rings. The van der Waals surface area contributed by atoms with E-state index in [-0.39, 0.29) is 34.9 Å². The second-order valence-corrected chi connectivity index (χ2v) is 11.0. The van der Waals surface area contributed by atoms with Crippen molar-refractivity contribution in [2.75, 3.05) is 0 Å². The molecule has 4 aromatic rings. The zero-order valence-electron chi connectivity index (χ0n) is 20.4. The van der Waals surface area contributed by atoms with Crippen LogP contribution in [0.25, 0.3) is 0 Å². The molecule has 11 heteroatoms. The smallest absolute Gasteiger partial charge is 0.330 e. The number of amides is 1. The van der Waals surface area contributed by atoms with Gasteiger partial charge in [-0.05, 0) is 71.8 Å². The number of aliphatic carboxylic acids is 1. The van der Waals surface area contributed by atoms with E-state index in [1.807, 2.05) is 0 Å². The molecule has 0 unspecified atom stereocenters. The molecule has 0 radical (unpaired) electrons. The molecule has 3 aromatic carbocycles. The fourth-order valence-corrected chi connectivity index (χ4v) is 5.35. The van der Waals surface area contributed by atoms with Crippen molar-refractivity contribution in [2.24, 2.45) is 0 Å². The monoisotopic (exact) mass is 565 g/mol. The van der Waals surface area contributed by atoms with Gasteiger partial charge in [0.2, 0.25) is 10.0 Å². The maximum atomic E-state index is 13.5. The second-order valence-electron chi connectivity index (χ2n) is 8.58. The van der Waals surface area contributed by atoms with E-state index in [0.717, 1.165) is 0 Å². The molecule has 0 bridgehead atoms. The molecule has 3 N–H and O–H groups in total. The number of rotatable bonds is 10. The molecular formula is C28H24ClN3O6S. The zero-order valence-corrected chi connectivity index (χ0v) is 22.0. The summed E-state index contributed by atoms with van der Waals surface area (Å²) in [6, 6.07) is 21.5. The number of sulfonamides is 1. The van der Waals surface area contributed by atoms with Gasteiger partial charge in [0.05, 0.1) is 17.1 Å². The van der Waals surface area contributed by atoms with E-state index >= 15 is 0 Å². The molecule has 0 saturated carbocycles. The SMILES string of the molecule is O=C(N[C@H](C(=O)O)c1cccc(O)c1)c1ccc(CN(Cc2ccccn2)S(=O)(=O)c2ccc(Cl)cc2)cc1. The van der Waals surface area contributed by atoms with Crippen LogP contribution >= 0.6 is 11.6 Å². The summed E-state index contributed by atoms with van der Waals surface area (Å²) in [5.74, 6) is -2.05. The molecule has 0 aliphatic carbocycles. The molecule has 1 amide bonds. The number of carbonyl (C=O) groups is 2. The number of carboxylic acid groups (broad SMARTS) is 1. The van der Waals surface area contributed by atoms with Gasteiger partial charge in [-0.25, -0.2) is 13.2 Å². The lowest BCUT2D eigenvalue weighted by molar-refractivity contribution is -0.139. The number of halogens is 1. The van der Waals surface area contributed by atoms with Crippen LogP contribution in [0.1, 0.15) is 33.2 Å². The van der Waals surface area contributed by atoms with E-state index < -0.39 is 27.9 Å². The van der Waals surface area contributed by atoms with Gasteiger partial charge < -0.3 is 15.5 Å². The summed E-state index contributed by atoms with van der Waals surface area (Å²) < 4.78 is 28.3. The van der Waals surface area contributed by atoms with E-state index in [2.05, 4.69) is 10.3 Å². The van der Waals surface area contributed by atoms with Crippen molar-refractivity contribution in [3.8, 4) is 5.75 Å². The minimum absolute atomic E-state index is 0.00945. The highest BCUT2D eigenvalue weighted by molar-refractivity contribution is 7.89. The Morgan fingerprint density at radius 2 is 1.64 bits per heavy atom. The standard InChI is InChI=1S/C28H24ClN3O6S/c29-22-11-13-25(14-12-22)39(37,38)32(18-23-5-1-2-15-30-23)17-19-7-9-20(10-8-19)27(34)31-26(28(35)36)21-4-3-6-24(33)16-21/h1-16,26,33H,17-18H2,(H,31,34)(H,35,36)/t26-/m0/s1. The number of phenols is 1. The van der Waals surface area contributed by atoms with Gasteiger partial charge >= 0.3 is 5.97 Å². The largest absolute Gasteiger partial charge is 0.508 e. The van der Waals surface area contributed by atoms with Crippen LogP contribution in [0.4, 0.5) is 0 Å². The molecule has 4 rings (SSSR count). The summed E-state index contributed by atoms with van der Waals surface area (Å²) in [7, 11) is -3.93. The lowest BCUT2D eigenvalue weighted by Crippen LogP contribution is -2.33. The quantitative estimate of drug-likeness (QED) is 0.259. The topological polar surface area (TPSA) is 137 Å². The van der Waals surface area contributed by atoms with Crippen molar-refractivity contribution in [2.45, 2.75) is 24.0 Å². The van der Waals surface area contributed by atoms with Crippen molar-refractivity contribution in [1.29, 1.82) is 0 Å². The van der Waals surface area contributed by atoms with Gasteiger partial charge in [-0.2, -0.15) is 4.31 Å². The number of carboxylic acids is 1. The van der Waals surface area contributed by atoms with Crippen molar-refractivity contribution in [3.05, 3.63) is 125 Å². The number of aromatic hydroxyl groups is 1. The van der Waals surface area contributed by atoms with Crippen molar-refractivity contribution >= 4 is 33.5 Å². The van der Waals surface area contributed by atoms with Gasteiger partial charge in [-0.15, -0.1) is 0 Å². The van der Waals surface area contributed by atoms with Gasteiger partial charge in [-0.3, -0.25) is 9.78 Å². The Bertz CT molecular complexity index is 1560. The Balaban J connectivity index is 1.55. The number of nitrogens with zero attached hydrogens (tertiary/aromatic N) is 2. The third-order valence-electron chi connectivity index (χ3n) is 5.82. The predicted octanol–water partition coefficient (Wildman–Crippen LogP) is 4.39. The van der Waals surface area contributed by atoms with Gasteiger partial charge in [0.15, 0.2) is 6.04 Å². The molecule has 200 valence electrons. The average molecular weight is 566 g/mol. The van der Waals surface area contributed by atoms with E-state index in [0.29, 0.717) is 16.3 Å². The number of carbonyl (C=O) groups excluding carboxylic acids is 1.